The molecule has 1 aliphatic rings. The molecule has 21 heavy (non-hydrogen) atoms. The maximum Gasteiger partial charge on any atom is 0.229 e. The number of H-pyrrole nitrogens is 1. The van der Waals surface area contributed by atoms with Crippen LogP contribution in [0.15, 0.2) is 28.8 Å². The number of imidazole rings is 1. The van der Waals surface area contributed by atoms with Gasteiger partial charge in [-0.05, 0) is 30.9 Å². The standard InChI is InChI=1S/C15H16N4O2/c20-12(9-5-6-9)7-15-18-14(19-21-15)8-13-16-10-3-1-2-4-11(10)17-13/h1-4,9,12,20H,5-8H2,(H,16,17). The molecule has 1 fully saturated rings. The SMILES string of the molecule is OC(Cc1nc(Cc2nc3ccccc3[nH]2)no1)C1CC1. The van der Waals surface area contributed by atoms with E-state index in [2.05, 4.69) is 20.1 Å². The lowest BCUT2D eigenvalue weighted by atomic mass is 10.2. The van der Waals surface area contributed by atoms with Crippen LogP contribution in [0.1, 0.15) is 30.4 Å². The van der Waals surface area contributed by atoms with Crippen LogP contribution in [0.3, 0.4) is 0 Å². The first kappa shape index (κ1) is 12.5. The summed E-state index contributed by atoms with van der Waals surface area (Å²) in [4.78, 5) is 12.1. The fraction of sp³-hybridized carbons (Fsp3) is 0.400. The van der Waals surface area contributed by atoms with Crippen molar-refractivity contribution in [1.29, 1.82) is 0 Å². The summed E-state index contributed by atoms with van der Waals surface area (Å²) in [6.07, 6.45) is 2.78. The summed E-state index contributed by atoms with van der Waals surface area (Å²) in [7, 11) is 0. The second-order valence-corrected chi connectivity index (χ2v) is 5.59. The van der Waals surface area contributed by atoms with Gasteiger partial charge in [-0.25, -0.2) is 4.98 Å². The number of hydrogen-bond acceptors (Lipinski definition) is 5. The Morgan fingerprint density at radius 3 is 2.95 bits per heavy atom. The highest BCUT2D eigenvalue weighted by Crippen LogP contribution is 2.33. The largest absolute Gasteiger partial charge is 0.392 e. The predicted octanol–water partition coefficient (Wildman–Crippen LogP) is 1.85. The van der Waals surface area contributed by atoms with Gasteiger partial charge < -0.3 is 14.6 Å². The van der Waals surface area contributed by atoms with Gasteiger partial charge in [-0.2, -0.15) is 4.98 Å². The monoisotopic (exact) mass is 284 g/mol. The number of fused-ring (bicyclic) bond motifs is 1. The van der Waals surface area contributed by atoms with Gasteiger partial charge in [0.15, 0.2) is 5.82 Å². The zero-order valence-electron chi connectivity index (χ0n) is 11.5. The summed E-state index contributed by atoms with van der Waals surface area (Å²) < 4.78 is 5.20. The zero-order valence-corrected chi connectivity index (χ0v) is 11.5. The molecule has 0 saturated heterocycles. The van der Waals surface area contributed by atoms with Gasteiger partial charge in [0, 0.05) is 0 Å². The molecule has 4 rings (SSSR count). The Balaban J connectivity index is 1.47. The van der Waals surface area contributed by atoms with E-state index in [1.54, 1.807) is 0 Å². The van der Waals surface area contributed by atoms with Crippen molar-refractivity contribution >= 4 is 11.0 Å². The van der Waals surface area contributed by atoms with Crippen LogP contribution in [0.4, 0.5) is 0 Å². The van der Waals surface area contributed by atoms with Gasteiger partial charge in [0.2, 0.25) is 5.89 Å². The van der Waals surface area contributed by atoms with Crippen molar-refractivity contribution in [2.45, 2.75) is 31.8 Å². The Morgan fingerprint density at radius 1 is 1.29 bits per heavy atom. The second kappa shape index (κ2) is 4.96. The molecule has 2 heterocycles. The normalized spacial score (nSPS) is 16.4. The quantitative estimate of drug-likeness (QED) is 0.746. The van der Waals surface area contributed by atoms with Crippen LogP contribution >= 0.6 is 0 Å². The first-order valence-corrected chi connectivity index (χ1v) is 7.21. The number of aromatic amines is 1. The van der Waals surface area contributed by atoms with Crippen molar-refractivity contribution in [3.8, 4) is 0 Å². The Labute approximate surface area is 121 Å². The van der Waals surface area contributed by atoms with Crippen molar-refractivity contribution in [2.24, 2.45) is 5.92 Å². The fourth-order valence-electron chi connectivity index (χ4n) is 2.51. The Kier molecular flexibility index (Phi) is 2.96. The second-order valence-electron chi connectivity index (χ2n) is 5.59. The van der Waals surface area contributed by atoms with Crippen molar-refractivity contribution < 1.29 is 9.63 Å². The van der Waals surface area contributed by atoms with Gasteiger partial charge in [-0.1, -0.05) is 17.3 Å². The van der Waals surface area contributed by atoms with Crippen molar-refractivity contribution in [3.63, 3.8) is 0 Å². The smallest absolute Gasteiger partial charge is 0.229 e. The molecule has 2 N–H and O–H groups in total. The van der Waals surface area contributed by atoms with E-state index >= 15 is 0 Å². The number of benzene rings is 1. The molecule has 0 radical (unpaired) electrons. The highest BCUT2D eigenvalue weighted by atomic mass is 16.5. The number of aromatic nitrogens is 4. The van der Waals surface area contributed by atoms with Crippen LogP contribution < -0.4 is 0 Å². The van der Waals surface area contributed by atoms with Crippen LogP contribution in [0.2, 0.25) is 0 Å². The van der Waals surface area contributed by atoms with E-state index in [0.29, 0.717) is 30.5 Å². The highest BCUT2D eigenvalue weighted by Gasteiger charge is 2.31. The lowest BCUT2D eigenvalue weighted by Crippen LogP contribution is -2.12. The highest BCUT2D eigenvalue weighted by molar-refractivity contribution is 5.74. The molecule has 0 bridgehead atoms. The molecule has 2 aromatic heterocycles. The molecule has 0 spiro atoms. The van der Waals surface area contributed by atoms with Gasteiger partial charge in [0.25, 0.3) is 0 Å². The van der Waals surface area contributed by atoms with E-state index < -0.39 is 0 Å². The van der Waals surface area contributed by atoms with Gasteiger partial charge in [0.05, 0.1) is 30.0 Å². The number of hydrogen-bond donors (Lipinski definition) is 2. The predicted molar refractivity (Wildman–Crippen MR) is 75.6 cm³/mol. The first-order valence-electron chi connectivity index (χ1n) is 7.21. The van der Waals surface area contributed by atoms with E-state index in [9.17, 15) is 5.11 Å². The van der Waals surface area contributed by atoms with Gasteiger partial charge >= 0.3 is 0 Å². The lowest BCUT2D eigenvalue weighted by molar-refractivity contribution is 0.140. The number of para-hydroxylation sites is 2. The van der Waals surface area contributed by atoms with Crippen molar-refractivity contribution in [2.75, 3.05) is 0 Å². The molecule has 1 aromatic carbocycles. The number of nitrogens with one attached hydrogen (secondary N) is 1. The minimum Gasteiger partial charge on any atom is -0.392 e. The fourth-order valence-corrected chi connectivity index (χ4v) is 2.51. The van der Waals surface area contributed by atoms with Crippen LogP contribution in [0.5, 0.6) is 0 Å². The topological polar surface area (TPSA) is 87.8 Å². The molecule has 1 saturated carbocycles. The number of aliphatic hydroxyl groups excluding tert-OH is 1. The first-order chi connectivity index (χ1) is 10.3. The third kappa shape index (κ3) is 2.67. The summed E-state index contributed by atoms with van der Waals surface area (Å²) in [6.45, 7) is 0. The Morgan fingerprint density at radius 2 is 2.14 bits per heavy atom. The average molecular weight is 284 g/mol. The molecule has 3 aromatic rings. The Bertz CT molecular complexity index is 727. The molecule has 0 amide bonds. The number of nitrogens with zero attached hydrogens (tertiary/aromatic N) is 3. The molecular formula is C15H16N4O2. The van der Waals surface area contributed by atoms with E-state index in [0.717, 1.165) is 29.7 Å². The lowest BCUT2D eigenvalue weighted by Gasteiger charge is -2.03. The summed E-state index contributed by atoms with van der Waals surface area (Å²) in [5.41, 5.74) is 1.93. The molecule has 1 aliphatic carbocycles. The van der Waals surface area contributed by atoms with Crippen molar-refractivity contribution in [3.05, 3.63) is 41.8 Å². The minimum absolute atomic E-state index is 0.357. The molecule has 0 aliphatic heterocycles. The molecule has 1 unspecified atom stereocenters. The van der Waals surface area contributed by atoms with Crippen molar-refractivity contribution in [1.82, 2.24) is 20.1 Å². The summed E-state index contributed by atoms with van der Waals surface area (Å²) in [5.74, 6) is 2.31. The van der Waals surface area contributed by atoms with Gasteiger partial charge in [-0.15, -0.1) is 0 Å². The summed E-state index contributed by atoms with van der Waals surface area (Å²) in [5, 5.41) is 13.8. The third-order valence-corrected chi connectivity index (χ3v) is 3.82. The summed E-state index contributed by atoms with van der Waals surface area (Å²) in [6, 6.07) is 7.87. The maximum absolute atomic E-state index is 9.89. The van der Waals surface area contributed by atoms with Crippen LogP contribution in [0, 0.1) is 5.92 Å². The zero-order chi connectivity index (χ0) is 14.2. The van der Waals surface area contributed by atoms with E-state index in [1.807, 2.05) is 24.3 Å². The van der Waals surface area contributed by atoms with E-state index in [1.165, 1.54) is 0 Å². The molecule has 1 atom stereocenters. The third-order valence-electron chi connectivity index (χ3n) is 3.82. The average Bonchev–Trinajstić information content (AvgIpc) is 3.12. The van der Waals surface area contributed by atoms with Gasteiger partial charge in [0.1, 0.15) is 5.82 Å². The number of aliphatic hydroxyl groups is 1. The van der Waals surface area contributed by atoms with Crippen LogP contribution in [-0.2, 0) is 12.8 Å². The molecule has 6 heteroatoms. The molecule has 6 nitrogen and oxygen atoms in total. The minimum atomic E-state index is -0.357. The molecule has 108 valence electrons. The van der Waals surface area contributed by atoms with Crippen LogP contribution in [-0.4, -0.2) is 31.3 Å². The maximum atomic E-state index is 9.89. The Hall–Kier alpha value is -2.21. The van der Waals surface area contributed by atoms with Gasteiger partial charge in [-0.3, -0.25) is 0 Å². The van der Waals surface area contributed by atoms with Crippen LogP contribution in [0.25, 0.3) is 11.0 Å². The summed E-state index contributed by atoms with van der Waals surface area (Å²) >= 11 is 0. The van der Waals surface area contributed by atoms with E-state index in [4.69, 9.17) is 4.52 Å². The number of rotatable bonds is 5. The van der Waals surface area contributed by atoms with E-state index in [-0.39, 0.29) is 6.10 Å². The molecular weight excluding hydrogens is 268 g/mol.